The summed E-state index contributed by atoms with van der Waals surface area (Å²) in [5.41, 5.74) is 2.91. The van der Waals surface area contributed by atoms with Crippen molar-refractivity contribution in [3.63, 3.8) is 0 Å². The average molecular weight is 341 g/mol. The fourth-order valence-corrected chi connectivity index (χ4v) is 2.57. The Morgan fingerprint density at radius 3 is 2.60 bits per heavy atom. The Hall–Kier alpha value is -2.40. The molecule has 0 saturated heterocycles. The van der Waals surface area contributed by atoms with Crippen LogP contribution in [-0.4, -0.2) is 35.2 Å². The SMILES string of the molecule is CCO[C@@H](C)CNC(=O)N(Cc1ccccc1)Cc1cccc(C)n1. The van der Waals surface area contributed by atoms with Crippen LogP contribution in [-0.2, 0) is 17.8 Å². The van der Waals surface area contributed by atoms with Crippen LogP contribution in [0.3, 0.4) is 0 Å². The highest BCUT2D eigenvalue weighted by Gasteiger charge is 2.16. The van der Waals surface area contributed by atoms with E-state index in [-0.39, 0.29) is 12.1 Å². The number of benzene rings is 1. The van der Waals surface area contributed by atoms with E-state index in [4.69, 9.17) is 4.74 Å². The number of hydrogen-bond donors (Lipinski definition) is 1. The highest BCUT2D eigenvalue weighted by Crippen LogP contribution is 2.10. The molecular formula is C20H27N3O2. The summed E-state index contributed by atoms with van der Waals surface area (Å²) in [6.45, 7) is 7.97. The van der Waals surface area contributed by atoms with Crippen LogP contribution in [0.1, 0.15) is 30.8 Å². The number of urea groups is 1. The molecule has 0 aliphatic heterocycles. The van der Waals surface area contributed by atoms with E-state index in [1.165, 1.54) is 0 Å². The first-order valence-electron chi connectivity index (χ1n) is 8.69. The molecule has 1 N–H and O–H groups in total. The van der Waals surface area contributed by atoms with Gasteiger partial charge in [0.25, 0.3) is 0 Å². The molecule has 2 amide bonds. The quantitative estimate of drug-likeness (QED) is 0.799. The molecular weight excluding hydrogens is 314 g/mol. The smallest absolute Gasteiger partial charge is 0.318 e. The van der Waals surface area contributed by atoms with Crippen molar-refractivity contribution in [3.05, 3.63) is 65.5 Å². The lowest BCUT2D eigenvalue weighted by Crippen LogP contribution is -2.42. The third-order valence-electron chi connectivity index (χ3n) is 3.79. The predicted molar refractivity (Wildman–Crippen MR) is 99.1 cm³/mol. The number of ether oxygens (including phenoxy) is 1. The van der Waals surface area contributed by atoms with E-state index in [1.807, 2.05) is 69.3 Å². The fraction of sp³-hybridized carbons (Fsp3) is 0.400. The first-order chi connectivity index (χ1) is 12.1. The van der Waals surface area contributed by atoms with Crippen molar-refractivity contribution in [2.24, 2.45) is 0 Å². The molecule has 5 nitrogen and oxygen atoms in total. The summed E-state index contributed by atoms with van der Waals surface area (Å²) in [7, 11) is 0. The summed E-state index contributed by atoms with van der Waals surface area (Å²) < 4.78 is 5.48. The molecule has 1 heterocycles. The van der Waals surface area contributed by atoms with E-state index < -0.39 is 0 Å². The molecule has 0 saturated carbocycles. The van der Waals surface area contributed by atoms with Crippen molar-refractivity contribution in [2.75, 3.05) is 13.2 Å². The van der Waals surface area contributed by atoms with Crippen molar-refractivity contribution in [2.45, 2.75) is 40.0 Å². The zero-order chi connectivity index (χ0) is 18.1. The molecule has 0 spiro atoms. The van der Waals surface area contributed by atoms with Crippen LogP contribution in [0.25, 0.3) is 0 Å². The van der Waals surface area contributed by atoms with Crippen LogP contribution < -0.4 is 5.32 Å². The number of carbonyl (C=O) groups excluding carboxylic acids is 1. The molecule has 0 fully saturated rings. The number of hydrogen-bond acceptors (Lipinski definition) is 3. The van der Waals surface area contributed by atoms with Crippen LogP contribution in [0.15, 0.2) is 48.5 Å². The van der Waals surface area contributed by atoms with Crippen LogP contribution in [0.2, 0.25) is 0 Å². The monoisotopic (exact) mass is 341 g/mol. The molecule has 2 aromatic rings. The summed E-state index contributed by atoms with van der Waals surface area (Å²) in [5, 5.41) is 2.96. The fourth-order valence-electron chi connectivity index (χ4n) is 2.57. The standard InChI is InChI=1S/C20H27N3O2/c1-4-25-17(3)13-21-20(24)23(14-18-10-6-5-7-11-18)15-19-12-8-9-16(2)22-19/h5-12,17H,4,13-15H2,1-3H3,(H,21,24)/t17-/m0/s1. The van der Waals surface area contributed by atoms with Gasteiger partial charge in [-0.2, -0.15) is 0 Å². The maximum absolute atomic E-state index is 12.7. The number of amides is 2. The van der Waals surface area contributed by atoms with E-state index in [1.54, 1.807) is 4.90 Å². The number of aryl methyl sites for hydroxylation is 1. The van der Waals surface area contributed by atoms with Gasteiger partial charge in [-0.25, -0.2) is 4.79 Å². The van der Waals surface area contributed by atoms with Gasteiger partial charge in [-0.3, -0.25) is 4.98 Å². The Balaban J connectivity index is 2.06. The highest BCUT2D eigenvalue weighted by atomic mass is 16.5. The molecule has 25 heavy (non-hydrogen) atoms. The summed E-state index contributed by atoms with van der Waals surface area (Å²) >= 11 is 0. The van der Waals surface area contributed by atoms with Gasteiger partial charge in [0, 0.05) is 25.4 Å². The van der Waals surface area contributed by atoms with Crippen LogP contribution >= 0.6 is 0 Å². The zero-order valence-electron chi connectivity index (χ0n) is 15.2. The number of pyridine rings is 1. The second kappa shape index (κ2) is 9.79. The molecule has 134 valence electrons. The van der Waals surface area contributed by atoms with Crippen molar-refractivity contribution in [1.29, 1.82) is 0 Å². The minimum absolute atomic E-state index is 0.00961. The summed E-state index contributed by atoms with van der Waals surface area (Å²) in [6.07, 6.45) is -0.00961. The number of aromatic nitrogens is 1. The second-order valence-electron chi connectivity index (χ2n) is 6.06. The highest BCUT2D eigenvalue weighted by molar-refractivity contribution is 5.74. The number of nitrogens with zero attached hydrogens (tertiary/aromatic N) is 2. The first kappa shape index (κ1) is 18.9. The minimum atomic E-state index is -0.112. The van der Waals surface area contributed by atoms with Gasteiger partial charge in [-0.1, -0.05) is 36.4 Å². The molecule has 1 aromatic heterocycles. The Morgan fingerprint density at radius 1 is 1.16 bits per heavy atom. The average Bonchev–Trinajstić information content (AvgIpc) is 2.60. The maximum atomic E-state index is 12.7. The molecule has 1 atom stereocenters. The van der Waals surface area contributed by atoms with Gasteiger partial charge in [-0.05, 0) is 38.5 Å². The van der Waals surface area contributed by atoms with Gasteiger partial charge >= 0.3 is 6.03 Å². The number of rotatable bonds is 8. The summed E-state index contributed by atoms with van der Waals surface area (Å²) in [5.74, 6) is 0. The molecule has 0 bridgehead atoms. The second-order valence-corrected chi connectivity index (χ2v) is 6.06. The van der Waals surface area contributed by atoms with Gasteiger partial charge in [0.15, 0.2) is 0 Å². The van der Waals surface area contributed by atoms with E-state index in [0.29, 0.717) is 26.2 Å². The number of nitrogens with one attached hydrogen (secondary N) is 1. The van der Waals surface area contributed by atoms with Gasteiger partial charge in [0.1, 0.15) is 0 Å². The van der Waals surface area contributed by atoms with Crippen molar-refractivity contribution in [3.8, 4) is 0 Å². The molecule has 0 aliphatic rings. The Labute approximate surface area is 150 Å². The normalized spacial score (nSPS) is 11.8. The molecule has 2 rings (SSSR count). The largest absolute Gasteiger partial charge is 0.377 e. The Bertz CT molecular complexity index is 661. The Morgan fingerprint density at radius 2 is 1.92 bits per heavy atom. The molecule has 0 unspecified atom stereocenters. The predicted octanol–water partition coefficient (Wildman–Crippen LogP) is 3.53. The van der Waals surface area contributed by atoms with Crippen molar-refractivity contribution in [1.82, 2.24) is 15.2 Å². The molecule has 1 aromatic carbocycles. The van der Waals surface area contributed by atoms with E-state index in [2.05, 4.69) is 10.3 Å². The lowest BCUT2D eigenvalue weighted by atomic mass is 10.2. The first-order valence-corrected chi connectivity index (χ1v) is 8.69. The van der Waals surface area contributed by atoms with Gasteiger partial charge in [0.2, 0.25) is 0 Å². The van der Waals surface area contributed by atoms with E-state index >= 15 is 0 Å². The summed E-state index contributed by atoms with van der Waals surface area (Å²) in [4.78, 5) is 19.0. The van der Waals surface area contributed by atoms with Gasteiger partial charge in [-0.15, -0.1) is 0 Å². The lowest BCUT2D eigenvalue weighted by Gasteiger charge is -2.24. The topological polar surface area (TPSA) is 54.5 Å². The Kier molecular flexibility index (Phi) is 7.41. The van der Waals surface area contributed by atoms with Crippen molar-refractivity contribution >= 4 is 6.03 Å². The zero-order valence-corrected chi connectivity index (χ0v) is 15.2. The third-order valence-corrected chi connectivity index (χ3v) is 3.79. The van der Waals surface area contributed by atoms with Crippen LogP contribution in [0.4, 0.5) is 4.79 Å². The molecule has 0 radical (unpaired) electrons. The minimum Gasteiger partial charge on any atom is -0.377 e. The third kappa shape index (κ3) is 6.55. The molecule has 0 aliphatic carbocycles. The van der Waals surface area contributed by atoms with Crippen molar-refractivity contribution < 1.29 is 9.53 Å². The van der Waals surface area contributed by atoms with E-state index in [0.717, 1.165) is 17.0 Å². The van der Waals surface area contributed by atoms with E-state index in [9.17, 15) is 4.79 Å². The lowest BCUT2D eigenvalue weighted by molar-refractivity contribution is 0.0758. The van der Waals surface area contributed by atoms with Gasteiger partial charge < -0.3 is 15.0 Å². The molecule has 5 heteroatoms. The summed E-state index contributed by atoms with van der Waals surface area (Å²) in [6, 6.07) is 15.7. The van der Waals surface area contributed by atoms with Crippen LogP contribution in [0, 0.1) is 6.92 Å². The van der Waals surface area contributed by atoms with Crippen LogP contribution in [0.5, 0.6) is 0 Å². The van der Waals surface area contributed by atoms with Gasteiger partial charge in [0.05, 0.1) is 18.3 Å². The maximum Gasteiger partial charge on any atom is 0.318 e. The number of carbonyl (C=O) groups is 1.